The minimum Gasteiger partial charge on any atom is -0.489 e. The molecule has 0 atom stereocenters. The van der Waals surface area contributed by atoms with Gasteiger partial charge in [0.2, 0.25) is 0 Å². The van der Waals surface area contributed by atoms with Crippen LogP contribution in [0.5, 0.6) is 11.5 Å². The van der Waals surface area contributed by atoms with E-state index in [2.05, 4.69) is 52.0 Å². The monoisotopic (exact) mass is 584 g/mol. The SMILES string of the molecule is CCCCCCCCOc1c(OCCCCCCCC)c(-c2ccc(C)s2)c2nsnc2c1-c1ccc(C)s1. The van der Waals surface area contributed by atoms with Gasteiger partial charge >= 0.3 is 0 Å². The van der Waals surface area contributed by atoms with Crippen LogP contribution in [0.1, 0.15) is 101 Å². The molecule has 0 aliphatic heterocycles. The number of nitrogens with zero attached hydrogens (tertiary/aromatic N) is 2. The zero-order chi connectivity index (χ0) is 27.5. The Labute approximate surface area is 247 Å². The molecule has 3 aromatic heterocycles. The molecule has 4 nitrogen and oxygen atoms in total. The van der Waals surface area contributed by atoms with Crippen LogP contribution < -0.4 is 9.47 Å². The predicted octanol–water partition coefficient (Wildman–Crippen LogP) is 11.2. The number of benzene rings is 1. The lowest BCUT2D eigenvalue weighted by molar-refractivity contribution is 0.260. The average Bonchev–Trinajstić information content (AvgIpc) is 3.69. The van der Waals surface area contributed by atoms with Crippen LogP contribution in [0.2, 0.25) is 0 Å². The van der Waals surface area contributed by atoms with Crippen LogP contribution in [0.15, 0.2) is 24.3 Å². The van der Waals surface area contributed by atoms with E-state index in [4.69, 9.17) is 18.2 Å². The molecule has 7 heteroatoms. The van der Waals surface area contributed by atoms with Crippen molar-refractivity contribution in [3.05, 3.63) is 34.0 Å². The summed E-state index contributed by atoms with van der Waals surface area (Å²) in [6.45, 7) is 10.2. The second-order valence-corrected chi connectivity index (χ2v) is 13.5. The van der Waals surface area contributed by atoms with Crippen molar-refractivity contribution < 1.29 is 9.47 Å². The van der Waals surface area contributed by atoms with E-state index in [0.29, 0.717) is 13.2 Å². The number of aromatic nitrogens is 2. The van der Waals surface area contributed by atoms with Gasteiger partial charge in [0.25, 0.3) is 0 Å². The van der Waals surface area contributed by atoms with Gasteiger partial charge in [-0.25, -0.2) is 0 Å². The van der Waals surface area contributed by atoms with Gasteiger partial charge in [-0.3, -0.25) is 0 Å². The van der Waals surface area contributed by atoms with E-state index in [-0.39, 0.29) is 0 Å². The van der Waals surface area contributed by atoms with Crippen molar-refractivity contribution >= 4 is 45.4 Å². The van der Waals surface area contributed by atoms with Crippen molar-refractivity contribution in [2.45, 2.75) is 105 Å². The van der Waals surface area contributed by atoms with Crippen molar-refractivity contribution in [2.24, 2.45) is 0 Å². The number of thiophene rings is 2. The zero-order valence-electron chi connectivity index (χ0n) is 24.1. The van der Waals surface area contributed by atoms with E-state index < -0.39 is 0 Å². The molecule has 3 heterocycles. The van der Waals surface area contributed by atoms with E-state index in [1.165, 1.54) is 95.4 Å². The van der Waals surface area contributed by atoms with Crippen molar-refractivity contribution in [1.82, 2.24) is 8.75 Å². The van der Waals surface area contributed by atoms with E-state index in [9.17, 15) is 0 Å². The molecule has 1 aromatic carbocycles. The van der Waals surface area contributed by atoms with Gasteiger partial charge in [0.15, 0.2) is 11.5 Å². The molecule has 0 saturated heterocycles. The fourth-order valence-electron chi connectivity index (χ4n) is 4.94. The van der Waals surface area contributed by atoms with Crippen LogP contribution in [0.3, 0.4) is 0 Å². The van der Waals surface area contributed by atoms with Crippen molar-refractivity contribution in [1.29, 1.82) is 0 Å². The molecule has 212 valence electrons. The van der Waals surface area contributed by atoms with Gasteiger partial charge in [0.05, 0.1) is 36.1 Å². The number of rotatable bonds is 18. The summed E-state index contributed by atoms with van der Waals surface area (Å²) < 4.78 is 23.1. The number of unbranched alkanes of at least 4 members (excludes halogenated alkanes) is 10. The van der Waals surface area contributed by atoms with Gasteiger partial charge in [-0.05, 0) is 51.0 Å². The van der Waals surface area contributed by atoms with Crippen LogP contribution in [0.25, 0.3) is 31.9 Å². The molecular weight excluding hydrogens is 541 g/mol. The Kier molecular flexibility index (Phi) is 12.1. The van der Waals surface area contributed by atoms with Crippen LogP contribution in [0.4, 0.5) is 0 Å². The smallest absolute Gasteiger partial charge is 0.172 e. The molecule has 0 unspecified atom stereocenters. The third kappa shape index (κ3) is 8.05. The Morgan fingerprint density at radius 2 is 0.974 bits per heavy atom. The second-order valence-electron chi connectivity index (χ2n) is 10.4. The Hall–Kier alpha value is -1.96. The summed E-state index contributed by atoms with van der Waals surface area (Å²) >= 11 is 4.85. The molecule has 39 heavy (non-hydrogen) atoms. The molecule has 4 rings (SSSR count). The molecule has 4 aromatic rings. The standard InChI is InChI=1S/C32H44N2O2S3/c1-5-7-9-11-13-15-21-35-31-27(25-19-17-23(3)37-25)29-30(34-39-33-29)28(26-20-18-24(4)38-26)32(31)36-22-16-14-12-10-8-6-2/h17-20H,5-16,21-22H2,1-4H3. The van der Waals surface area contributed by atoms with Gasteiger partial charge in [-0.15, -0.1) is 22.7 Å². The van der Waals surface area contributed by atoms with Crippen molar-refractivity contribution in [2.75, 3.05) is 13.2 Å². The molecule has 0 spiro atoms. The summed E-state index contributed by atoms with van der Waals surface area (Å²) in [6.07, 6.45) is 14.8. The quantitative estimate of drug-likeness (QED) is 0.109. The van der Waals surface area contributed by atoms with Gasteiger partial charge in [-0.2, -0.15) is 8.75 Å². The lowest BCUT2D eigenvalue weighted by atomic mass is 10.0. The first-order valence-electron chi connectivity index (χ1n) is 14.9. The number of fused-ring (bicyclic) bond motifs is 1. The molecule has 0 saturated carbocycles. The number of aryl methyl sites for hydroxylation is 2. The maximum absolute atomic E-state index is 6.72. The highest BCUT2D eigenvalue weighted by Gasteiger charge is 2.28. The predicted molar refractivity (Wildman–Crippen MR) is 171 cm³/mol. The topological polar surface area (TPSA) is 44.2 Å². The highest BCUT2D eigenvalue weighted by Crippen LogP contribution is 2.52. The Bertz CT molecular complexity index is 1190. The maximum Gasteiger partial charge on any atom is 0.172 e. The molecule has 0 radical (unpaired) electrons. The average molecular weight is 585 g/mol. The number of hydrogen-bond donors (Lipinski definition) is 0. The molecule has 0 amide bonds. The highest BCUT2D eigenvalue weighted by atomic mass is 32.1. The van der Waals surface area contributed by atoms with E-state index in [0.717, 1.165) is 46.5 Å². The highest BCUT2D eigenvalue weighted by molar-refractivity contribution is 7.16. The Morgan fingerprint density at radius 3 is 1.36 bits per heavy atom. The summed E-state index contributed by atoms with van der Waals surface area (Å²) in [7, 11) is 0. The van der Waals surface area contributed by atoms with Crippen molar-refractivity contribution in [3.8, 4) is 32.4 Å². The summed E-state index contributed by atoms with van der Waals surface area (Å²) in [6, 6.07) is 8.74. The fraction of sp³-hybridized carbons (Fsp3) is 0.562. The molecular formula is C32H44N2O2S3. The molecule has 0 bridgehead atoms. The number of ether oxygens (including phenoxy) is 2. The lowest BCUT2D eigenvalue weighted by Gasteiger charge is -2.20. The lowest BCUT2D eigenvalue weighted by Crippen LogP contribution is -2.06. The van der Waals surface area contributed by atoms with Crippen LogP contribution in [0, 0.1) is 13.8 Å². The van der Waals surface area contributed by atoms with Gasteiger partial charge in [0, 0.05) is 19.5 Å². The van der Waals surface area contributed by atoms with Crippen LogP contribution >= 0.6 is 34.4 Å². The summed E-state index contributed by atoms with van der Waals surface area (Å²) in [5, 5.41) is 0. The molecule has 0 aliphatic carbocycles. The fourth-order valence-corrected chi connectivity index (χ4v) is 7.32. The Morgan fingerprint density at radius 1 is 0.564 bits per heavy atom. The van der Waals surface area contributed by atoms with E-state index in [1.807, 2.05) is 0 Å². The summed E-state index contributed by atoms with van der Waals surface area (Å²) in [5.74, 6) is 1.69. The summed E-state index contributed by atoms with van der Waals surface area (Å²) in [4.78, 5) is 4.88. The minimum absolute atomic E-state index is 0.683. The van der Waals surface area contributed by atoms with Gasteiger partial charge in [-0.1, -0.05) is 78.1 Å². The largest absolute Gasteiger partial charge is 0.489 e. The Balaban J connectivity index is 1.70. The molecule has 0 aliphatic rings. The third-order valence-electron chi connectivity index (χ3n) is 7.08. The van der Waals surface area contributed by atoms with E-state index in [1.54, 1.807) is 22.7 Å². The first-order valence-corrected chi connectivity index (χ1v) is 17.2. The second kappa shape index (κ2) is 15.7. The first-order chi connectivity index (χ1) is 19.1. The minimum atomic E-state index is 0.683. The normalized spacial score (nSPS) is 11.5. The number of hydrogen-bond acceptors (Lipinski definition) is 7. The van der Waals surface area contributed by atoms with E-state index >= 15 is 0 Å². The van der Waals surface area contributed by atoms with Gasteiger partial charge in [0.1, 0.15) is 11.0 Å². The maximum atomic E-state index is 6.72. The van der Waals surface area contributed by atoms with Crippen LogP contribution in [-0.4, -0.2) is 22.0 Å². The van der Waals surface area contributed by atoms with Crippen LogP contribution in [-0.2, 0) is 0 Å². The first kappa shape index (κ1) is 30.0. The van der Waals surface area contributed by atoms with Gasteiger partial charge < -0.3 is 9.47 Å². The molecule has 0 N–H and O–H groups in total. The van der Waals surface area contributed by atoms with Crippen molar-refractivity contribution in [3.63, 3.8) is 0 Å². The summed E-state index contributed by atoms with van der Waals surface area (Å²) in [5.41, 5.74) is 3.93. The zero-order valence-corrected chi connectivity index (χ0v) is 26.6. The molecule has 0 fully saturated rings. The third-order valence-corrected chi connectivity index (χ3v) is 9.65.